The first kappa shape index (κ1) is 18.4. The Labute approximate surface area is 166 Å². The molecule has 0 radical (unpaired) electrons. The van der Waals surface area contributed by atoms with E-state index < -0.39 is 0 Å². The van der Waals surface area contributed by atoms with Crippen molar-refractivity contribution in [1.82, 2.24) is 9.97 Å². The minimum atomic E-state index is -0.355. The molecule has 0 bridgehead atoms. The molecule has 29 heavy (non-hydrogen) atoms. The van der Waals surface area contributed by atoms with Crippen molar-refractivity contribution in [3.63, 3.8) is 0 Å². The number of halogens is 1. The zero-order valence-electron chi connectivity index (χ0n) is 15.5. The van der Waals surface area contributed by atoms with E-state index in [4.69, 9.17) is 4.74 Å². The van der Waals surface area contributed by atoms with Crippen LogP contribution >= 0.6 is 0 Å². The summed E-state index contributed by atoms with van der Waals surface area (Å²) in [6, 6.07) is 18.2. The van der Waals surface area contributed by atoms with E-state index in [9.17, 15) is 9.18 Å². The van der Waals surface area contributed by atoms with Gasteiger partial charge in [-0.1, -0.05) is 12.1 Å². The fourth-order valence-corrected chi connectivity index (χ4v) is 2.90. The van der Waals surface area contributed by atoms with E-state index >= 15 is 0 Å². The molecule has 0 atom stereocenters. The highest BCUT2D eigenvalue weighted by atomic mass is 19.1. The van der Waals surface area contributed by atoms with Crippen LogP contribution in [0.4, 0.5) is 16.0 Å². The maximum Gasteiger partial charge on any atom is 0.256 e. The number of hydrogen-bond donors (Lipinski definition) is 2. The average molecular weight is 388 g/mol. The number of ether oxygens (including phenoxy) is 1. The third-order valence-corrected chi connectivity index (χ3v) is 4.27. The van der Waals surface area contributed by atoms with Crippen molar-refractivity contribution in [2.75, 3.05) is 17.7 Å². The average Bonchev–Trinajstić information content (AvgIpc) is 2.75. The molecule has 0 aliphatic rings. The molecule has 1 heterocycles. The summed E-state index contributed by atoms with van der Waals surface area (Å²) in [6.45, 7) is 0. The number of hydrogen-bond acceptors (Lipinski definition) is 5. The summed E-state index contributed by atoms with van der Waals surface area (Å²) in [4.78, 5) is 21.0. The van der Waals surface area contributed by atoms with E-state index in [1.807, 2.05) is 18.2 Å². The number of amides is 1. The highest BCUT2D eigenvalue weighted by molar-refractivity contribution is 6.13. The third-order valence-electron chi connectivity index (χ3n) is 4.27. The predicted octanol–water partition coefficient (Wildman–Crippen LogP) is 4.86. The molecule has 0 saturated heterocycles. The second-order valence-corrected chi connectivity index (χ2v) is 6.22. The van der Waals surface area contributed by atoms with Crippen LogP contribution in [0.2, 0.25) is 0 Å². The standard InChI is InChI=1S/C22H17FN4O2/c1-24-22-25-12-11-20(27-22)29-17-9-10-18-14(13-17)3-2-4-19(18)21(28)26-16-7-5-15(23)6-8-16/h2-13H,1H3,(H,26,28)(H,24,25,27). The monoisotopic (exact) mass is 388 g/mol. The van der Waals surface area contributed by atoms with E-state index in [2.05, 4.69) is 20.6 Å². The van der Waals surface area contributed by atoms with Crippen molar-refractivity contribution in [1.29, 1.82) is 0 Å². The van der Waals surface area contributed by atoms with Gasteiger partial charge in [0.1, 0.15) is 11.6 Å². The molecule has 0 spiro atoms. The molecule has 0 aliphatic carbocycles. The Hall–Kier alpha value is -4.00. The van der Waals surface area contributed by atoms with Crippen LogP contribution < -0.4 is 15.4 Å². The summed E-state index contributed by atoms with van der Waals surface area (Å²) >= 11 is 0. The fraction of sp³-hybridized carbons (Fsp3) is 0.0455. The zero-order valence-corrected chi connectivity index (χ0v) is 15.5. The maximum absolute atomic E-state index is 13.1. The topological polar surface area (TPSA) is 76.1 Å². The summed E-state index contributed by atoms with van der Waals surface area (Å²) < 4.78 is 18.9. The van der Waals surface area contributed by atoms with Gasteiger partial charge in [-0.3, -0.25) is 4.79 Å². The number of carbonyl (C=O) groups is 1. The predicted molar refractivity (Wildman–Crippen MR) is 110 cm³/mol. The number of rotatable bonds is 5. The SMILES string of the molecule is CNc1nccc(Oc2ccc3c(C(=O)Nc4ccc(F)cc4)cccc3c2)n1. The highest BCUT2D eigenvalue weighted by Crippen LogP contribution is 2.27. The molecule has 7 heteroatoms. The van der Waals surface area contributed by atoms with Crippen LogP contribution in [0.25, 0.3) is 10.8 Å². The molecule has 0 aliphatic heterocycles. The Kier molecular flexibility index (Phi) is 5.03. The van der Waals surface area contributed by atoms with Crippen LogP contribution in [0.1, 0.15) is 10.4 Å². The molecular weight excluding hydrogens is 371 g/mol. The van der Waals surface area contributed by atoms with Gasteiger partial charge in [0.05, 0.1) is 0 Å². The van der Waals surface area contributed by atoms with Crippen LogP contribution in [0.5, 0.6) is 11.6 Å². The molecule has 144 valence electrons. The fourth-order valence-electron chi connectivity index (χ4n) is 2.90. The first-order valence-electron chi connectivity index (χ1n) is 8.91. The normalized spacial score (nSPS) is 10.6. The van der Waals surface area contributed by atoms with Crippen LogP contribution in [-0.2, 0) is 0 Å². The molecule has 0 unspecified atom stereocenters. The Morgan fingerprint density at radius 3 is 2.66 bits per heavy atom. The maximum atomic E-state index is 13.1. The lowest BCUT2D eigenvalue weighted by molar-refractivity contribution is 0.102. The molecule has 2 N–H and O–H groups in total. The van der Waals surface area contributed by atoms with Gasteiger partial charge in [0.2, 0.25) is 11.8 Å². The van der Waals surface area contributed by atoms with Gasteiger partial charge >= 0.3 is 0 Å². The van der Waals surface area contributed by atoms with Gasteiger partial charge in [-0.15, -0.1) is 0 Å². The molecule has 1 aromatic heterocycles. The quantitative estimate of drug-likeness (QED) is 0.511. The number of nitrogens with one attached hydrogen (secondary N) is 2. The van der Waals surface area contributed by atoms with Gasteiger partial charge < -0.3 is 15.4 Å². The van der Waals surface area contributed by atoms with Gasteiger partial charge in [0.15, 0.2) is 0 Å². The molecular formula is C22H17FN4O2. The Morgan fingerprint density at radius 1 is 1.03 bits per heavy atom. The van der Waals surface area contributed by atoms with Crippen LogP contribution in [0.3, 0.4) is 0 Å². The van der Waals surface area contributed by atoms with Crippen LogP contribution in [0, 0.1) is 5.82 Å². The van der Waals surface area contributed by atoms with Gasteiger partial charge in [-0.25, -0.2) is 9.37 Å². The van der Waals surface area contributed by atoms with E-state index in [1.54, 1.807) is 37.5 Å². The van der Waals surface area contributed by atoms with Gasteiger partial charge in [-0.05, 0) is 59.3 Å². The second kappa shape index (κ2) is 7.93. The van der Waals surface area contributed by atoms with Crippen LogP contribution in [-0.4, -0.2) is 22.9 Å². The molecule has 1 amide bonds. The van der Waals surface area contributed by atoms with E-state index in [0.717, 1.165) is 10.8 Å². The van der Waals surface area contributed by atoms with Crippen molar-refractivity contribution in [2.24, 2.45) is 0 Å². The number of fused-ring (bicyclic) bond motifs is 1. The summed E-state index contributed by atoms with van der Waals surface area (Å²) in [7, 11) is 1.73. The molecule has 6 nitrogen and oxygen atoms in total. The second-order valence-electron chi connectivity index (χ2n) is 6.22. The lowest BCUT2D eigenvalue weighted by Gasteiger charge is -2.10. The number of aromatic nitrogens is 2. The summed E-state index contributed by atoms with van der Waals surface area (Å²) in [5, 5.41) is 7.26. The van der Waals surface area contributed by atoms with Crippen LogP contribution in [0.15, 0.2) is 72.9 Å². The van der Waals surface area contributed by atoms with Crippen molar-refractivity contribution in [2.45, 2.75) is 0 Å². The minimum Gasteiger partial charge on any atom is -0.439 e. The van der Waals surface area contributed by atoms with Crippen molar-refractivity contribution in [3.8, 4) is 11.6 Å². The van der Waals surface area contributed by atoms with Gasteiger partial charge in [-0.2, -0.15) is 4.98 Å². The lowest BCUT2D eigenvalue weighted by atomic mass is 10.0. The minimum absolute atomic E-state index is 0.273. The van der Waals surface area contributed by atoms with E-state index in [1.165, 1.54) is 24.3 Å². The summed E-state index contributed by atoms with van der Waals surface area (Å²) in [6.07, 6.45) is 1.60. The van der Waals surface area contributed by atoms with Crippen molar-refractivity contribution in [3.05, 3.63) is 84.3 Å². The Bertz CT molecular complexity index is 1180. The lowest BCUT2D eigenvalue weighted by Crippen LogP contribution is -2.12. The summed E-state index contributed by atoms with van der Waals surface area (Å²) in [5.74, 6) is 0.836. The number of nitrogens with zero attached hydrogens (tertiary/aromatic N) is 2. The number of benzene rings is 3. The smallest absolute Gasteiger partial charge is 0.256 e. The molecule has 3 aromatic carbocycles. The highest BCUT2D eigenvalue weighted by Gasteiger charge is 2.11. The third kappa shape index (κ3) is 4.14. The Morgan fingerprint density at radius 2 is 1.86 bits per heavy atom. The van der Waals surface area contributed by atoms with E-state index in [0.29, 0.717) is 28.8 Å². The van der Waals surface area contributed by atoms with Gasteiger partial charge in [0.25, 0.3) is 5.91 Å². The van der Waals surface area contributed by atoms with E-state index in [-0.39, 0.29) is 11.7 Å². The Balaban J connectivity index is 1.60. The molecule has 0 fully saturated rings. The first-order valence-corrected chi connectivity index (χ1v) is 8.91. The summed E-state index contributed by atoms with van der Waals surface area (Å²) in [5.41, 5.74) is 1.04. The molecule has 0 saturated carbocycles. The number of anilines is 2. The number of carbonyl (C=O) groups excluding carboxylic acids is 1. The van der Waals surface area contributed by atoms with Crippen molar-refractivity contribution < 1.29 is 13.9 Å². The van der Waals surface area contributed by atoms with Gasteiger partial charge in [0, 0.05) is 30.6 Å². The molecule has 4 aromatic rings. The zero-order chi connectivity index (χ0) is 20.2. The molecule has 4 rings (SSSR count). The largest absolute Gasteiger partial charge is 0.439 e. The van der Waals surface area contributed by atoms with Crippen molar-refractivity contribution >= 4 is 28.3 Å². The first-order chi connectivity index (χ1) is 14.1.